The quantitative estimate of drug-likeness (QED) is 0.553. The van der Waals surface area contributed by atoms with Crippen molar-refractivity contribution in [1.29, 1.82) is 0 Å². The van der Waals surface area contributed by atoms with E-state index < -0.39 is 6.10 Å². The van der Waals surface area contributed by atoms with Gasteiger partial charge in [0.1, 0.15) is 0 Å². The molecule has 0 aliphatic carbocycles. The molecule has 6 nitrogen and oxygen atoms in total. The average molecular weight is 419 g/mol. The Labute approximate surface area is 173 Å². The fourth-order valence-corrected chi connectivity index (χ4v) is 3.59. The molecule has 2 atom stereocenters. The summed E-state index contributed by atoms with van der Waals surface area (Å²) < 4.78 is 7.49. The molecule has 148 valence electrons. The van der Waals surface area contributed by atoms with Crippen molar-refractivity contribution in [3.63, 3.8) is 0 Å². The molecule has 0 radical (unpaired) electrons. The maximum absolute atomic E-state index is 10.3. The molecular formula is C20H23ClN4O2S. The fraction of sp³-hybridized carbons (Fsp3) is 0.350. The van der Waals surface area contributed by atoms with Crippen molar-refractivity contribution < 1.29 is 9.84 Å². The summed E-state index contributed by atoms with van der Waals surface area (Å²) in [5.41, 5.74) is 4.18. The first-order valence-electron chi connectivity index (χ1n) is 8.98. The van der Waals surface area contributed by atoms with E-state index in [4.69, 9.17) is 16.3 Å². The number of nitrogens with zero attached hydrogens (tertiary/aromatic N) is 4. The Hall–Kier alpha value is -1.93. The molecule has 0 fully saturated rings. The highest BCUT2D eigenvalue weighted by molar-refractivity contribution is 7.99. The summed E-state index contributed by atoms with van der Waals surface area (Å²) in [5.74, 6) is 0.429. The third kappa shape index (κ3) is 5.32. The zero-order chi connectivity index (χ0) is 20.1. The molecule has 3 rings (SSSR count). The Bertz CT molecular complexity index is 917. The van der Waals surface area contributed by atoms with Gasteiger partial charge in [0, 0.05) is 10.8 Å². The van der Waals surface area contributed by atoms with Crippen LogP contribution in [0.1, 0.15) is 29.7 Å². The number of ether oxygens (including phenoxy) is 1. The lowest BCUT2D eigenvalue weighted by atomic mass is 10.1. The Balaban J connectivity index is 1.55. The van der Waals surface area contributed by atoms with Gasteiger partial charge < -0.3 is 9.84 Å². The first-order valence-corrected chi connectivity index (χ1v) is 10.3. The molecule has 8 heteroatoms. The van der Waals surface area contributed by atoms with Gasteiger partial charge in [-0.3, -0.25) is 0 Å². The van der Waals surface area contributed by atoms with Crippen LogP contribution in [0.5, 0.6) is 0 Å². The molecule has 2 aromatic carbocycles. The van der Waals surface area contributed by atoms with Gasteiger partial charge in [-0.2, -0.15) is 4.68 Å². The van der Waals surface area contributed by atoms with Gasteiger partial charge in [0.2, 0.25) is 5.16 Å². The fourth-order valence-electron chi connectivity index (χ4n) is 2.67. The number of aliphatic hydroxyl groups is 1. The van der Waals surface area contributed by atoms with Gasteiger partial charge in [-0.25, -0.2) is 0 Å². The number of thioether (sulfide) groups is 1. The lowest BCUT2D eigenvalue weighted by molar-refractivity contribution is 0.00621. The van der Waals surface area contributed by atoms with Crippen LogP contribution in [0.3, 0.4) is 0 Å². The standard InChI is InChI=1S/C20H23ClN4O2S/c1-13-4-5-14(2)19(10-13)25-20(22-23-24-25)28-12-18(26)11-27-15(3)16-6-8-17(21)9-7-16/h4-10,15,18,26H,11-12H2,1-3H3/t15-,18-/m0/s1. The minimum Gasteiger partial charge on any atom is -0.390 e. The van der Waals surface area contributed by atoms with Crippen LogP contribution in [0.25, 0.3) is 5.69 Å². The predicted molar refractivity (Wildman–Crippen MR) is 111 cm³/mol. The lowest BCUT2D eigenvalue weighted by Crippen LogP contribution is -2.19. The summed E-state index contributed by atoms with van der Waals surface area (Å²) in [6, 6.07) is 13.6. The predicted octanol–water partition coefficient (Wildman–Crippen LogP) is 4.16. The molecule has 0 amide bonds. The van der Waals surface area contributed by atoms with E-state index >= 15 is 0 Å². The van der Waals surface area contributed by atoms with Crippen molar-refractivity contribution in [3.05, 3.63) is 64.2 Å². The van der Waals surface area contributed by atoms with E-state index in [1.54, 1.807) is 4.68 Å². The first kappa shape index (κ1) is 20.8. The second-order valence-corrected chi connectivity index (χ2v) is 8.08. The summed E-state index contributed by atoms with van der Waals surface area (Å²) in [6.07, 6.45) is -0.763. The minimum absolute atomic E-state index is 0.128. The highest BCUT2D eigenvalue weighted by atomic mass is 35.5. The van der Waals surface area contributed by atoms with Crippen molar-refractivity contribution in [3.8, 4) is 5.69 Å². The molecule has 0 saturated heterocycles. The smallest absolute Gasteiger partial charge is 0.214 e. The first-order chi connectivity index (χ1) is 13.4. The van der Waals surface area contributed by atoms with Crippen molar-refractivity contribution in [1.82, 2.24) is 20.2 Å². The number of hydrogen-bond donors (Lipinski definition) is 1. The summed E-state index contributed by atoms with van der Waals surface area (Å²) >= 11 is 7.31. The van der Waals surface area contributed by atoms with Gasteiger partial charge in [0.05, 0.1) is 24.5 Å². The number of aromatic nitrogens is 4. The average Bonchev–Trinajstić information content (AvgIpc) is 3.15. The molecule has 0 bridgehead atoms. The summed E-state index contributed by atoms with van der Waals surface area (Å²) in [6.45, 7) is 6.22. The second kappa shape index (κ2) is 9.52. The van der Waals surface area contributed by atoms with Crippen LogP contribution in [0.4, 0.5) is 0 Å². The summed E-state index contributed by atoms with van der Waals surface area (Å²) in [5, 5.41) is 23.6. The molecule has 0 aliphatic heterocycles. The number of tetrazole rings is 1. The van der Waals surface area contributed by atoms with Gasteiger partial charge in [-0.1, -0.05) is 47.6 Å². The van der Waals surface area contributed by atoms with Crippen molar-refractivity contribution in [2.24, 2.45) is 0 Å². The number of aryl methyl sites for hydroxylation is 2. The third-order valence-corrected chi connectivity index (χ3v) is 5.63. The normalized spacial score (nSPS) is 13.5. The summed E-state index contributed by atoms with van der Waals surface area (Å²) in [4.78, 5) is 0. The van der Waals surface area contributed by atoms with Crippen LogP contribution in [0.15, 0.2) is 47.6 Å². The van der Waals surface area contributed by atoms with E-state index in [1.807, 2.05) is 57.2 Å². The van der Waals surface area contributed by atoms with Crippen molar-refractivity contribution >= 4 is 23.4 Å². The zero-order valence-electron chi connectivity index (χ0n) is 16.0. The van der Waals surface area contributed by atoms with E-state index in [2.05, 4.69) is 21.6 Å². The SMILES string of the molecule is Cc1ccc(C)c(-n2nnnc2SC[C@@H](O)CO[C@@H](C)c2ccc(Cl)cc2)c1. The molecule has 1 aromatic heterocycles. The maximum atomic E-state index is 10.3. The number of rotatable bonds is 8. The topological polar surface area (TPSA) is 73.1 Å². The molecule has 0 saturated carbocycles. The monoisotopic (exact) mass is 418 g/mol. The minimum atomic E-state index is -0.636. The van der Waals surface area contributed by atoms with Crippen LogP contribution < -0.4 is 0 Å². The highest BCUT2D eigenvalue weighted by Crippen LogP contribution is 2.23. The number of halogens is 1. The Kier molecular flexibility index (Phi) is 7.07. The van der Waals surface area contributed by atoms with E-state index in [9.17, 15) is 5.11 Å². The second-order valence-electron chi connectivity index (χ2n) is 6.66. The number of benzene rings is 2. The number of aliphatic hydroxyl groups excluding tert-OH is 1. The Morgan fingerprint density at radius 2 is 1.93 bits per heavy atom. The van der Waals surface area contributed by atoms with E-state index in [-0.39, 0.29) is 12.7 Å². The van der Waals surface area contributed by atoms with Crippen LogP contribution in [0.2, 0.25) is 5.02 Å². The largest absolute Gasteiger partial charge is 0.390 e. The zero-order valence-corrected chi connectivity index (χ0v) is 17.6. The van der Waals surface area contributed by atoms with Crippen LogP contribution in [-0.4, -0.2) is 43.8 Å². The molecule has 28 heavy (non-hydrogen) atoms. The van der Waals surface area contributed by atoms with Gasteiger partial charge in [-0.15, -0.1) is 5.10 Å². The highest BCUT2D eigenvalue weighted by Gasteiger charge is 2.15. The van der Waals surface area contributed by atoms with Gasteiger partial charge in [0.25, 0.3) is 0 Å². The maximum Gasteiger partial charge on any atom is 0.214 e. The van der Waals surface area contributed by atoms with E-state index in [0.29, 0.717) is 15.9 Å². The van der Waals surface area contributed by atoms with Crippen LogP contribution >= 0.6 is 23.4 Å². The van der Waals surface area contributed by atoms with Crippen molar-refractivity contribution in [2.75, 3.05) is 12.4 Å². The van der Waals surface area contributed by atoms with E-state index in [1.165, 1.54) is 11.8 Å². The molecule has 0 aliphatic rings. The molecule has 3 aromatic rings. The molecule has 0 unspecified atom stereocenters. The number of hydrogen-bond acceptors (Lipinski definition) is 6. The lowest BCUT2D eigenvalue weighted by Gasteiger charge is -2.16. The summed E-state index contributed by atoms with van der Waals surface area (Å²) in [7, 11) is 0. The van der Waals surface area contributed by atoms with Gasteiger partial charge >= 0.3 is 0 Å². The van der Waals surface area contributed by atoms with Crippen molar-refractivity contribution in [2.45, 2.75) is 38.1 Å². The van der Waals surface area contributed by atoms with Gasteiger partial charge in [0.15, 0.2) is 0 Å². The van der Waals surface area contributed by atoms with Crippen LogP contribution in [-0.2, 0) is 4.74 Å². The molecule has 0 spiro atoms. The molecule has 1 N–H and O–H groups in total. The molecular weight excluding hydrogens is 396 g/mol. The van der Waals surface area contributed by atoms with Crippen LogP contribution in [0, 0.1) is 13.8 Å². The van der Waals surface area contributed by atoms with Gasteiger partial charge in [-0.05, 0) is 66.1 Å². The Morgan fingerprint density at radius 1 is 1.18 bits per heavy atom. The Morgan fingerprint density at radius 3 is 2.68 bits per heavy atom. The van der Waals surface area contributed by atoms with E-state index in [0.717, 1.165) is 22.4 Å². The third-order valence-electron chi connectivity index (χ3n) is 4.32. The molecule has 1 heterocycles.